The van der Waals surface area contributed by atoms with Crippen molar-refractivity contribution in [1.82, 2.24) is 0 Å². The fraction of sp³-hybridized carbons (Fsp3) is 1.00. The van der Waals surface area contributed by atoms with E-state index in [0.29, 0.717) is 0 Å². The summed E-state index contributed by atoms with van der Waals surface area (Å²) in [4.78, 5) is 0. The van der Waals surface area contributed by atoms with Crippen molar-refractivity contribution in [1.29, 1.82) is 0 Å². The molecule has 410 valence electrons. The predicted molar refractivity (Wildman–Crippen MR) is 147 cm³/mol. The van der Waals surface area contributed by atoms with Crippen LogP contribution in [0.5, 0.6) is 0 Å². The van der Waals surface area contributed by atoms with E-state index in [1.807, 2.05) is 0 Å². The first-order chi connectivity index (χ1) is 29.2. The number of aliphatic hydroxyl groups is 1. The Morgan fingerprint density at radius 1 is 0.368 bits per heavy atom. The molecule has 0 aliphatic rings. The predicted octanol–water partition coefficient (Wildman–Crippen LogP) is 11.3. The van der Waals surface area contributed by atoms with Crippen molar-refractivity contribution in [2.24, 2.45) is 0 Å². The van der Waals surface area contributed by atoms with Crippen LogP contribution in [-0.2, 0) is 23.8 Å². The molecule has 0 radical (unpaired) electrons. The molecule has 1 N–H and O–H groups in total. The molecular weight excluding hydrogens is 1100 g/mol. The van der Waals surface area contributed by atoms with Crippen LogP contribution in [0.1, 0.15) is 25.7 Å². The monoisotopic (exact) mass is 1120 g/mol. The second-order valence-electron chi connectivity index (χ2n) is 13.6. The highest BCUT2D eigenvalue weighted by Crippen LogP contribution is 2.66. The van der Waals surface area contributed by atoms with E-state index < -0.39 is 170 Å². The topological polar surface area (TPSA) is 82.1 Å². The third-order valence-corrected chi connectivity index (χ3v) is 9.03. The van der Waals surface area contributed by atoms with Crippen LogP contribution in [0.4, 0.5) is 149 Å². The Morgan fingerprint density at radius 3 is 0.824 bits per heavy atom. The summed E-state index contributed by atoms with van der Waals surface area (Å²) in [5, 5.41) is 9.98. The van der Waals surface area contributed by atoms with Crippen molar-refractivity contribution in [3.8, 4) is 0 Å². The summed E-state index contributed by atoms with van der Waals surface area (Å²) in [6, 6.07) is 0. The second kappa shape index (κ2) is 19.1. The summed E-state index contributed by atoms with van der Waals surface area (Å²) in [6.45, 7) is -6.85. The molecule has 41 heteroatoms. The molecule has 0 bridgehead atoms. The Kier molecular flexibility index (Phi) is 18.4. The van der Waals surface area contributed by atoms with E-state index in [1.165, 1.54) is 0 Å². The molecule has 0 amide bonds. The molecule has 0 aromatic rings. The zero-order valence-corrected chi connectivity index (χ0v) is 32.4. The molecular formula is C27H22F34O6S. The van der Waals surface area contributed by atoms with E-state index in [0.717, 1.165) is 0 Å². The number of hydrogen-bond acceptors (Lipinski definition) is 6. The summed E-state index contributed by atoms with van der Waals surface area (Å²) in [5.74, 6) is -117. The molecule has 0 heterocycles. The molecule has 0 rings (SSSR count). The van der Waals surface area contributed by atoms with E-state index in [9.17, 15) is 163 Å². The molecule has 0 fully saturated rings. The van der Waals surface area contributed by atoms with E-state index in [2.05, 4.69) is 13.7 Å². The minimum absolute atomic E-state index is 0.0657. The van der Waals surface area contributed by atoms with Crippen LogP contribution in [0.15, 0.2) is 0 Å². The van der Waals surface area contributed by atoms with Crippen molar-refractivity contribution in [3.05, 3.63) is 0 Å². The van der Waals surface area contributed by atoms with Gasteiger partial charge in [-0.05, 0) is 12.8 Å². The third-order valence-electron chi connectivity index (χ3n) is 8.43. The lowest BCUT2D eigenvalue weighted by Gasteiger charge is -2.42. The highest BCUT2D eigenvalue weighted by Gasteiger charge is 2.96. The minimum Gasteiger partial charge on any atom is -0.388 e. The normalized spacial score (nSPS) is 17.2. The lowest BCUT2D eigenvalue weighted by molar-refractivity contribution is -0.461. The smallest absolute Gasteiger partial charge is 0.388 e. The van der Waals surface area contributed by atoms with Crippen LogP contribution >= 0.6 is 0 Å². The van der Waals surface area contributed by atoms with Gasteiger partial charge in [0.1, 0.15) is 12.2 Å². The van der Waals surface area contributed by atoms with Gasteiger partial charge in [-0.25, -0.2) is 0 Å². The zero-order chi connectivity index (χ0) is 55.4. The van der Waals surface area contributed by atoms with Crippen LogP contribution in [0.2, 0.25) is 0 Å². The van der Waals surface area contributed by atoms with E-state index >= 15 is 0 Å². The number of alkyl halides is 34. The lowest BCUT2D eigenvalue weighted by Crippen LogP contribution is -2.74. The van der Waals surface area contributed by atoms with Gasteiger partial charge in [-0.3, -0.25) is 4.18 Å². The Bertz CT molecular complexity index is 1790. The fourth-order valence-corrected chi connectivity index (χ4v) is 5.07. The Balaban J connectivity index is 5.95. The summed E-state index contributed by atoms with van der Waals surface area (Å²) in [6.07, 6.45) is -31.4. The molecule has 0 aromatic carbocycles. The fourth-order valence-electron chi connectivity index (χ4n) is 4.44. The average molecular weight is 1120 g/mol. The largest absolute Gasteiger partial charge is 0.460 e. The molecule has 0 saturated heterocycles. The Hall–Kier alpha value is -2.59. The lowest BCUT2D eigenvalue weighted by atomic mass is 9.88. The van der Waals surface area contributed by atoms with Crippen LogP contribution < -0.4 is 0 Å². The summed E-state index contributed by atoms with van der Waals surface area (Å²) >= 11 is 0. The Labute approximate surface area is 353 Å². The van der Waals surface area contributed by atoms with Crippen molar-refractivity contribution < 1.29 is 176 Å². The highest BCUT2D eigenvalue weighted by atomic mass is 32.2. The zero-order valence-electron chi connectivity index (χ0n) is 31.6. The molecule has 6 nitrogen and oxygen atoms in total. The number of ether oxygens (including phenoxy) is 2. The van der Waals surface area contributed by atoms with Gasteiger partial charge in [0.25, 0.3) is 10.1 Å². The summed E-state index contributed by atoms with van der Waals surface area (Å²) < 4.78 is 491. The number of hydrogen-bond donors (Lipinski definition) is 1. The third kappa shape index (κ3) is 10.9. The van der Waals surface area contributed by atoms with Gasteiger partial charge in [0.2, 0.25) is 0 Å². The second-order valence-corrected chi connectivity index (χ2v) is 15.2. The molecule has 0 saturated carbocycles. The maximum atomic E-state index is 14.1. The molecule has 0 aromatic heterocycles. The summed E-state index contributed by atoms with van der Waals surface area (Å²) in [5.41, 5.74) is 0. The van der Waals surface area contributed by atoms with Gasteiger partial charge in [0.15, 0.2) is 0 Å². The molecule has 0 aliphatic carbocycles. The minimum atomic E-state index is -8.94. The highest BCUT2D eigenvalue weighted by molar-refractivity contribution is 7.86. The molecule has 2 atom stereocenters. The SMILES string of the molecule is CS(=O)(=O)O[C@H](COCCCC(F)(F)C(F)(F)C(F)(F)C(F)(F)C(F)(F)C(F)(F)C(F)(F)C(F)(F)F)[C@H](O)COCCCC(F)(F)C(F)(F)C(F)(F)C(F)(F)C(F)(F)C(F)(F)C(F)(F)C(F)(F)F. The average Bonchev–Trinajstić information content (AvgIpc) is 3.11. The van der Waals surface area contributed by atoms with Crippen LogP contribution in [0.3, 0.4) is 0 Å². The summed E-state index contributed by atoms with van der Waals surface area (Å²) in [7, 11) is -4.96. The van der Waals surface area contributed by atoms with Crippen molar-refractivity contribution in [2.75, 3.05) is 32.7 Å². The first-order valence-corrected chi connectivity index (χ1v) is 18.2. The van der Waals surface area contributed by atoms with Gasteiger partial charge in [-0.2, -0.15) is 158 Å². The van der Waals surface area contributed by atoms with E-state index in [-0.39, 0.29) is 6.26 Å². The first-order valence-electron chi connectivity index (χ1n) is 16.3. The van der Waals surface area contributed by atoms with Crippen molar-refractivity contribution in [2.45, 2.75) is 133 Å². The van der Waals surface area contributed by atoms with Gasteiger partial charge in [0.05, 0.1) is 19.5 Å². The van der Waals surface area contributed by atoms with Gasteiger partial charge >= 0.3 is 95.3 Å². The van der Waals surface area contributed by atoms with Gasteiger partial charge in [-0.15, -0.1) is 0 Å². The van der Waals surface area contributed by atoms with E-state index in [4.69, 9.17) is 0 Å². The van der Waals surface area contributed by atoms with Crippen LogP contribution in [0.25, 0.3) is 0 Å². The first kappa shape index (κ1) is 65.4. The maximum Gasteiger partial charge on any atom is 0.460 e. The van der Waals surface area contributed by atoms with E-state index in [1.54, 1.807) is 0 Å². The molecule has 68 heavy (non-hydrogen) atoms. The van der Waals surface area contributed by atoms with Gasteiger partial charge in [0, 0.05) is 26.1 Å². The molecule has 0 aliphatic heterocycles. The van der Waals surface area contributed by atoms with Crippen LogP contribution in [-0.4, -0.2) is 154 Å². The molecule has 0 unspecified atom stereocenters. The van der Waals surface area contributed by atoms with Gasteiger partial charge in [-0.1, -0.05) is 0 Å². The Morgan fingerprint density at radius 2 is 0.588 bits per heavy atom. The standard InChI is InChI=1S/C27H22F34O6S/c1-68(63,64)67-11(9-66-7-3-5-13(30,31)15(34,35)17(38,39)19(42,43)21(46,47)23(50,51)25(54,55)27(59,60)61)10(62)8-65-6-2-4-12(28,29)14(32,33)16(36,37)18(40,41)20(44,45)22(48,49)24(52,53)26(56,57)58/h10-11,62H,2-9H2,1H3/t10-,11-/m1/s1. The number of aliphatic hydroxyl groups excluding tert-OH is 1. The number of halogens is 34. The molecule has 0 spiro atoms. The van der Waals surface area contributed by atoms with Crippen molar-refractivity contribution in [3.63, 3.8) is 0 Å². The maximum absolute atomic E-state index is 14.1. The van der Waals surface area contributed by atoms with Crippen LogP contribution in [0, 0.1) is 0 Å². The van der Waals surface area contributed by atoms with Crippen molar-refractivity contribution >= 4 is 10.1 Å². The quantitative estimate of drug-likeness (QED) is 0.0501. The van der Waals surface area contributed by atoms with Gasteiger partial charge < -0.3 is 14.6 Å². The number of rotatable bonds is 27.